The number of quaternary nitrogens is 1. The van der Waals surface area contributed by atoms with Gasteiger partial charge < -0.3 is 4.74 Å². The number of aromatic nitrogens is 3. The van der Waals surface area contributed by atoms with Crippen molar-refractivity contribution in [1.29, 1.82) is 0 Å². The van der Waals surface area contributed by atoms with E-state index in [0.717, 1.165) is 29.1 Å². The fourth-order valence-corrected chi connectivity index (χ4v) is 4.17. The first kappa shape index (κ1) is 16.6. The second-order valence-electron chi connectivity index (χ2n) is 7.11. The van der Waals surface area contributed by atoms with Gasteiger partial charge in [-0.05, 0) is 31.9 Å². The van der Waals surface area contributed by atoms with Crippen LogP contribution in [0.3, 0.4) is 0 Å². The third kappa shape index (κ3) is 2.30. The number of rotatable bonds is 2. The van der Waals surface area contributed by atoms with E-state index in [1.165, 1.54) is 0 Å². The lowest BCUT2D eigenvalue weighted by molar-refractivity contribution is -0.685. The lowest BCUT2D eigenvalue weighted by Crippen LogP contribution is -3.06. The summed E-state index contributed by atoms with van der Waals surface area (Å²) in [5, 5.41) is 8.87. The maximum absolute atomic E-state index is 12.9. The fourth-order valence-electron chi connectivity index (χ4n) is 3.99. The highest BCUT2D eigenvalue weighted by atomic mass is 35.5. The number of benzene rings is 1. The summed E-state index contributed by atoms with van der Waals surface area (Å²) in [7, 11) is 1.74. The van der Waals surface area contributed by atoms with Crippen LogP contribution in [-0.4, -0.2) is 45.8 Å². The van der Waals surface area contributed by atoms with Gasteiger partial charge in [-0.3, -0.25) is 9.69 Å². The van der Waals surface area contributed by atoms with Crippen LogP contribution in [0.2, 0.25) is 5.02 Å². The Morgan fingerprint density at radius 1 is 1.37 bits per heavy atom. The van der Waals surface area contributed by atoms with Crippen molar-refractivity contribution in [3.05, 3.63) is 46.5 Å². The van der Waals surface area contributed by atoms with Crippen LogP contribution in [0.4, 0.5) is 5.69 Å². The van der Waals surface area contributed by atoms with Crippen LogP contribution in [0.1, 0.15) is 35.8 Å². The minimum absolute atomic E-state index is 0.126. The van der Waals surface area contributed by atoms with Gasteiger partial charge in [-0.1, -0.05) is 16.8 Å². The minimum Gasteiger partial charge on any atom is -0.369 e. The van der Waals surface area contributed by atoms with Crippen molar-refractivity contribution < 1.29 is 14.4 Å². The summed E-state index contributed by atoms with van der Waals surface area (Å²) < 4.78 is 7.65. The first-order valence-electron chi connectivity index (χ1n) is 8.79. The van der Waals surface area contributed by atoms with E-state index in [9.17, 15) is 4.79 Å². The first-order valence-corrected chi connectivity index (χ1v) is 9.16. The van der Waals surface area contributed by atoms with E-state index in [4.69, 9.17) is 16.3 Å². The predicted molar refractivity (Wildman–Crippen MR) is 98.4 cm³/mol. The Balaban J connectivity index is 1.67. The Morgan fingerprint density at radius 3 is 3.00 bits per heavy atom. The molecule has 1 saturated heterocycles. The standard InChI is InChI=1S/C18H17ClN6O2/c1-18(6-3-7-27-18)14-9-21-22-25(14)15-16-23(2)17(26)12-8-11(19)4-5-13(12)24(16)10-20-15/h4-5,8-10H,3,6-7H2,1-2H3/p+1. The molecule has 3 aliphatic rings. The monoisotopic (exact) mass is 385 g/mol. The topological polar surface area (TPSA) is 77.0 Å². The van der Waals surface area contributed by atoms with Gasteiger partial charge in [0.15, 0.2) is 5.69 Å². The number of carbonyl (C=O) groups excluding carboxylic acids is 1. The molecule has 0 saturated carbocycles. The molecule has 2 unspecified atom stereocenters. The van der Waals surface area contributed by atoms with Crippen LogP contribution >= 0.6 is 11.6 Å². The molecule has 1 N–H and O–H groups in total. The van der Waals surface area contributed by atoms with Gasteiger partial charge in [-0.15, -0.1) is 5.10 Å². The number of fused-ring (bicyclic) bond motifs is 3. The molecule has 27 heavy (non-hydrogen) atoms. The quantitative estimate of drug-likeness (QED) is 0.847. The molecule has 138 valence electrons. The summed E-state index contributed by atoms with van der Waals surface area (Å²) in [5.41, 5.74) is 1.77. The SMILES string of the molecule is CN1C(=O)c2cc(Cl)ccc2[NH+]2C=NC(n3nncc3C3(C)CCCO3)=C12. The van der Waals surface area contributed by atoms with Gasteiger partial charge in [0, 0.05) is 24.7 Å². The second kappa shape index (κ2) is 5.72. The Morgan fingerprint density at radius 2 is 2.22 bits per heavy atom. The highest BCUT2D eigenvalue weighted by Gasteiger charge is 2.44. The maximum Gasteiger partial charge on any atom is 0.268 e. The number of amides is 1. The molecule has 0 aliphatic carbocycles. The molecule has 2 atom stereocenters. The molecular formula is C18H18ClN6O2+. The lowest BCUT2D eigenvalue weighted by atomic mass is 9.99. The second-order valence-corrected chi connectivity index (χ2v) is 7.55. The summed E-state index contributed by atoms with van der Waals surface area (Å²) >= 11 is 6.09. The molecule has 0 radical (unpaired) electrons. The van der Waals surface area contributed by atoms with Crippen LogP contribution < -0.4 is 4.90 Å². The van der Waals surface area contributed by atoms with Crippen molar-refractivity contribution in [3.63, 3.8) is 0 Å². The number of aliphatic imine (C=N–C) groups is 1. The van der Waals surface area contributed by atoms with Gasteiger partial charge in [0.05, 0.1) is 11.9 Å². The smallest absolute Gasteiger partial charge is 0.268 e. The predicted octanol–water partition coefficient (Wildman–Crippen LogP) is 1.38. The highest BCUT2D eigenvalue weighted by molar-refractivity contribution is 6.31. The Labute approximate surface area is 160 Å². The van der Waals surface area contributed by atoms with Gasteiger partial charge in [0.25, 0.3) is 11.7 Å². The Hall–Kier alpha value is -2.55. The number of carbonyl (C=O) groups is 1. The maximum atomic E-state index is 12.9. The van der Waals surface area contributed by atoms with E-state index in [0.29, 0.717) is 28.8 Å². The zero-order valence-corrected chi connectivity index (χ0v) is 15.7. The Bertz CT molecular complexity index is 1020. The van der Waals surface area contributed by atoms with Gasteiger partial charge in [-0.2, -0.15) is 9.67 Å². The number of hydrogen-bond donors (Lipinski definition) is 1. The fraction of sp³-hybridized carbons (Fsp3) is 0.333. The molecule has 1 aromatic heterocycles. The molecule has 8 nitrogen and oxygen atoms in total. The van der Waals surface area contributed by atoms with E-state index >= 15 is 0 Å². The average molecular weight is 386 g/mol. The van der Waals surface area contributed by atoms with Gasteiger partial charge in [0.2, 0.25) is 12.2 Å². The molecule has 0 bridgehead atoms. The average Bonchev–Trinajstić information content (AvgIpc) is 3.38. The van der Waals surface area contributed by atoms with Crippen molar-refractivity contribution >= 4 is 35.4 Å². The number of ether oxygens (including phenoxy) is 1. The molecule has 0 spiro atoms. The molecule has 4 heterocycles. The van der Waals surface area contributed by atoms with Gasteiger partial charge in [-0.25, -0.2) is 4.90 Å². The van der Waals surface area contributed by atoms with E-state index in [1.807, 2.05) is 13.0 Å². The van der Waals surface area contributed by atoms with Crippen molar-refractivity contribution in [2.45, 2.75) is 25.4 Å². The molecule has 1 amide bonds. The summed E-state index contributed by atoms with van der Waals surface area (Å²) in [5.74, 6) is 1.16. The third-order valence-electron chi connectivity index (χ3n) is 5.44. The molecule has 5 rings (SSSR count). The number of nitrogens with zero attached hydrogens (tertiary/aromatic N) is 5. The van der Waals surface area contributed by atoms with Crippen LogP contribution in [0.5, 0.6) is 0 Å². The molecule has 1 aromatic carbocycles. The zero-order chi connectivity index (χ0) is 18.8. The van der Waals surface area contributed by atoms with Crippen molar-refractivity contribution in [2.75, 3.05) is 13.7 Å². The van der Waals surface area contributed by atoms with E-state index in [1.54, 1.807) is 41.3 Å². The minimum atomic E-state index is -0.460. The zero-order valence-electron chi connectivity index (χ0n) is 14.9. The number of nitrogens with one attached hydrogen (secondary N) is 1. The van der Waals surface area contributed by atoms with E-state index < -0.39 is 5.60 Å². The van der Waals surface area contributed by atoms with Crippen molar-refractivity contribution in [3.8, 4) is 0 Å². The molecule has 2 aromatic rings. The van der Waals surface area contributed by atoms with Crippen LogP contribution in [0.15, 0.2) is 35.2 Å². The normalized spacial score (nSPS) is 26.7. The summed E-state index contributed by atoms with van der Waals surface area (Å²) in [6.07, 6.45) is 5.36. The molecule has 3 aliphatic heterocycles. The van der Waals surface area contributed by atoms with Crippen molar-refractivity contribution in [1.82, 2.24) is 19.9 Å². The Kier molecular flexibility index (Phi) is 3.52. The highest BCUT2D eigenvalue weighted by Crippen LogP contribution is 2.37. The van der Waals surface area contributed by atoms with Crippen LogP contribution in [0, 0.1) is 0 Å². The first-order chi connectivity index (χ1) is 13.0. The molecule has 9 heteroatoms. The summed E-state index contributed by atoms with van der Waals surface area (Å²) in [6.45, 7) is 2.75. The van der Waals surface area contributed by atoms with Crippen molar-refractivity contribution in [2.24, 2.45) is 4.99 Å². The van der Waals surface area contributed by atoms with Gasteiger partial charge >= 0.3 is 0 Å². The van der Waals surface area contributed by atoms with E-state index in [2.05, 4.69) is 15.3 Å². The third-order valence-corrected chi connectivity index (χ3v) is 5.67. The molecule has 1 fully saturated rings. The summed E-state index contributed by atoms with van der Waals surface area (Å²) in [6, 6.07) is 5.33. The summed E-state index contributed by atoms with van der Waals surface area (Å²) in [4.78, 5) is 20.0. The number of hydrogen-bond acceptors (Lipinski definition) is 5. The largest absolute Gasteiger partial charge is 0.369 e. The van der Waals surface area contributed by atoms with E-state index in [-0.39, 0.29) is 5.91 Å². The number of halogens is 1. The molecular weight excluding hydrogens is 368 g/mol. The van der Waals surface area contributed by atoms with Crippen LogP contribution in [-0.2, 0) is 10.3 Å². The lowest BCUT2D eigenvalue weighted by Gasteiger charge is -2.29. The van der Waals surface area contributed by atoms with Gasteiger partial charge in [0.1, 0.15) is 11.2 Å². The van der Waals surface area contributed by atoms with Crippen LogP contribution in [0.25, 0.3) is 5.82 Å².